The zero-order valence-electron chi connectivity index (χ0n) is 14.3. The molecule has 1 N–H and O–H groups in total. The molecule has 0 bridgehead atoms. The highest BCUT2D eigenvalue weighted by atomic mass is 16.2. The zero-order chi connectivity index (χ0) is 17.3. The molecule has 1 unspecified atom stereocenters. The molecule has 1 saturated heterocycles. The first kappa shape index (κ1) is 16.4. The number of nitrogens with one attached hydrogen (secondary N) is 1. The van der Waals surface area contributed by atoms with E-state index in [4.69, 9.17) is 0 Å². The Kier molecular flexibility index (Phi) is 4.26. The van der Waals surface area contributed by atoms with Crippen LogP contribution in [0.4, 0.5) is 0 Å². The van der Waals surface area contributed by atoms with Gasteiger partial charge in [-0.25, -0.2) is 4.68 Å². The third-order valence-corrected chi connectivity index (χ3v) is 4.41. The first-order chi connectivity index (χ1) is 11.4. The van der Waals surface area contributed by atoms with E-state index in [1.54, 1.807) is 12.3 Å². The SMILES string of the molecule is CC(C)(C)c1cc(C(=O)N2CCCC2Cn2ncccc2=O)n[nH]1. The van der Waals surface area contributed by atoms with E-state index in [1.807, 2.05) is 11.0 Å². The Balaban J connectivity index is 1.78. The van der Waals surface area contributed by atoms with Gasteiger partial charge in [-0.3, -0.25) is 14.7 Å². The lowest BCUT2D eigenvalue weighted by atomic mass is 9.92. The third-order valence-electron chi connectivity index (χ3n) is 4.41. The molecule has 1 aliphatic heterocycles. The van der Waals surface area contributed by atoms with Crippen molar-refractivity contribution in [3.63, 3.8) is 0 Å². The van der Waals surface area contributed by atoms with Gasteiger partial charge in [-0.1, -0.05) is 20.8 Å². The van der Waals surface area contributed by atoms with E-state index >= 15 is 0 Å². The molecule has 2 aromatic rings. The first-order valence-electron chi connectivity index (χ1n) is 8.25. The lowest BCUT2D eigenvalue weighted by Gasteiger charge is -2.24. The number of carbonyl (C=O) groups excluding carboxylic acids is 1. The number of aromatic amines is 1. The van der Waals surface area contributed by atoms with E-state index in [0.29, 0.717) is 18.8 Å². The summed E-state index contributed by atoms with van der Waals surface area (Å²) in [6.45, 7) is 7.31. The third kappa shape index (κ3) is 3.25. The van der Waals surface area contributed by atoms with E-state index in [2.05, 4.69) is 36.1 Å². The van der Waals surface area contributed by atoms with Gasteiger partial charge in [-0.05, 0) is 25.0 Å². The van der Waals surface area contributed by atoms with Crippen LogP contribution < -0.4 is 5.56 Å². The fourth-order valence-corrected chi connectivity index (χ4v) is 2.98. The van der Waals surface area contributed by atoms with Crippen molar-refractivity contribution < 1.29 is 4.79 Å². The fraction of sp³-hybridized carbons (Fsp3) is 0.529. The van der Waals surface area contributed by atoms with Crippen LogP contribution in [-0.2, 0) is 12.0 Å². The van der Waals surface area contributed by atoms with Gasteiger partial charge >= 0.3 is 0 Å². The molecule has 2 aromatic heterocycles. The highest BCUT2D eigenvalue weighted by Gasteiger charge is 2.32. The second-order valence-electron chi connectivity index (χ2n) is 7.26. The summed E-state index contributed by atoms with van der Waals surface area (Å²) >= 11 is 0. The van der Waals surface area contributed by atoms with Crippen LogP contribution in [0.1, 0.15) is 49.8 Å². The maximum Gasteiger partial charge on any atom is 0.274 e. The number of aromatic nitrogens is 4. The molecule has 1 atom stereocenters. The van der Waals surface area contributed by atoms with Crippen LogP contribution in [0.2, 0.25) is 0 Å². The first-order valence-corrected chi connectivity index (χ1v) is 8.25. The monoisotopic (exact) mass is 329 g/mol. The smallest absolute Gasteiger partial charge is 0.274 e. The average molecular weight is 329 g/mol. The molecule has 0 radical (unpaired) electrons. The van der Waals surface area contributed by atoms with Gasteiger partial charge in [0.2, 0.25) is 0 Å². The minimum Gasteiger partial charge on any atom is -0.332 e. The molecule has 128 valence electrons. The number of amides is 1. The standard InChI is InChI=1S/C17H23N5O2/c1-17(2,3)14-10-13(19-20-14)16(24)21-9-5-6-12(21)11-22-15(23)7-4-8-18-22/h4,7-8,10,12H,5-6,9,11H2,1-3H3,(H,19,20). The summed E-state index contributed by atoms with van der Waals surface area (Å²) < 4.78 is 1.42. The summed E-state index contributed by atoms with van der Waals surface area (Å²) in [4.78, 5) is 26.5. The van der Waals surface area contributed by atoms with Crippen molar-refractivity contribution in [2.24, 2.45) is 0 Å². The molecule has 7 heteroatoms. The summed E-state index contributed by atoms with van der Waals surface area (Å²) in [5.74, 6) is -0.0896. The molecule has 1 aliphatic rings. The number of nitrogens with zero attached hydrogens (tertiary/aromatic N) is 4. The maximum absolute atomic E-state index is 12.8. The average Bonchev–Trinajstić information content (AvgIpc) is 3.17. The van der Waals surface area contributed by atoms with Crippen molar-refractivity contribution in [2.45, 2.75) is 51.6 Å². The molecule has 1 fully saturated rings. The van der Waals surface area contributed by atoms with Crippen molar-refractivity contribution in [3.8, 4) is 0 Å². The van der Waals surface area contributed by atoms with E-state index in [-0.39, 0.29) is 22.9 Å². The van der Waals surface area contributed by atoms with E-state index < -0.39 is 0 Å². The van der Waals surface area contributed by atoms with Gasteiger partial charge in [0.15, 0.2) is 0 Å². The van der Waals surface area contributed by atoms with Crippen LogP contribution in [0.25, 0.3) is 0 Å². The summed E-state index contributed by atoms with van der Waals surface area (Å²) in [7, 11) is 0. The molecule has 0 spiro atoms. The quantitative estimate of drug-likeness (QED) is 0.926. The molecule has 7 nitrogen and oxygen atoms in total. The largest absolute Gasteiger partial charge is 0.332 e. The van der Waals surface area contributed by atoms with Crippen molar-refractivity contribution >= 4 is 5.91 Å². The lowest BCUT2D eigenvalue weighted by molar-refractivity contribution is 0.0714. The molecule has 3 heterocycles. The van der Waals surface area contributed by atoms with Gasteiger partial charge in [0, 0.05) is 29.9 Å². The van der Waals surface area contributed by atoms with Gasteiger partial charge in [-0.15, -0.1) is 0 Å². The highest BCUT2D eigenvalue weighted by molar-refractivity contribution is 5.92. The van der Waals surface area contributed by atoms with E-state index in [1.165, 1.54) is 10.7 Å². The summed E-state index contributed by atoms with van der Waals surface area (Å²) in [6.07, 6.45) is 3.38. The summed E-state index contributed by atoms with van der Waals surface area (Å²) in [5.41, 5.74) is 1.13. The van der Waals surface area contributed by atoms with E-state index in [0.717, 1.165) is 18.5 Å². The molecular formula is C17H23N5O2. The van der Waals surface area contributed by atoms with Crippen molar-refractivity contribution in [3.05, 3.63) is 46.1 Å². The molecule has 1 amide bonds. The Morgan fingerprint density at radius 3 is 2.88 bits per heavy atom. The molecule has 24 heavy (non-hydrogen) atoms. The Bertz CT molecular complexity index is 787. The van der Waals surface area contributed by atoms with Gasteiger partial charge in [0.1, 0.15) is 5.69 Å². The van der Waals surface area contributed by atoms with Crippen molar-refractivity contribution in [1.82, 2.24) is 24.9 Å². The Morgan fingerprint density at radius 1 is 1.42 bits per heavy atom. The van der Waals surface area contributed by atoms with E-state index in [9.17, 15) is 9.59 Å². The van der Waals surface area contributed by atoms with Crippen LogP contribution in [0.3, 0.4) is 0 Å². The number of rotatable bonds is 3. The highest BCUT2D eigenvalue weighted by Crippen LogP contribution is 2.24. The second kappa shape index (κ2) is 6.22. The molecule has 0 aromatic carbocycles. The lowest BCUT2D eigenvalue weighted by Crippen LogP contribution is -2.40. The zero-order valence-corrected chi connectivity index (χ0v) is 14.3. The number of hydrogen-bond donors (Lipinski definition) is 1. The molecule has 3 rings (SSSR count). The Hall–Kier alpha value is -2.44. The van der Waals surface area contributed by atoms with Crippen molar-refractivity contribution in [2.75, 3.05) is 6.54 Å². The normalized spacial score (nSPS) is 18.1. The van der Waals surface area contributed by atoms with Gasteiger partial charge in [-0.2, -0.15) is 10.2 Å². The molecular weight excluding hydrogens is 306 g/mol. The number of likely N-dealkylation sites (tertiary alicyclic amines) is 1. The Morgan fingerprint density at radius 2 is 2.21 bits per heavy atom. The number of hydrogen-bond acceptors (Lipinski definition) is 4. The molecule has 0 aliphatic carbocycles. The predicted molar refractivity (Wildman–Crippen MR) is 89.8 cm³/mol. The second-order valence-corrected chi connectivity index (χ2v) is 7.26. The summed E-state index contributed by atoms with van der Waals surface area (Å²) in [6, 6.07) is 4.90. The van der Waals surface area contributed by atoms with Crippen LogP contribution in [0, 0.1) is 0 Å². The minimum absolute atomic E-state index is 0.0279. The number of carbonyl (C=O) groups is 1. The Labute approximate surface area is 140 Å². The van der Waals surface area contributed by atoms with Crippen molar-refractivity contribution in [1.29, 1.82) is 0 Å². The van der Waals surface area contributed by atoms with Crippen LogP contribution >= 0.6 is 0 Å². The minimum atomic E-state index is -0.147. The fourth-order valence-electron chi connectivity index (χ4n) is 2.98. The van der Waals surface area contributed by atoms with Gasteiger partial charge < -0.3 is 4.90 Å². The van der Waals surface area contributed by atoms with Crippen LogP contribution in [0.5, 0.6) is 0 Å². The van der Waals surface area contributed by atoms with Crippen LogP contribution in [-0.4, -0.2) is 43.4 Å². The molecule has 0 saturated carbocycles. The maximum atomic E-state index is 12.8. The topological polar surface area (TPSA) is 83.9 Å². The predicted octanol–water partition coefficient (Wildman–Crippen LogP) is 1.57. The summed E-state index contributed by atoms with van der Waals surface area (Å²) in [5, 5.41) is 11.2. The van der Waals surface area contributed by atoms with Gasteiger partial charge in [0.05, 0.1) is 12.6 Å². The van der Waals surface area contributed by atoms with Crippen LogP contribution in [0.15, 0.2) is 29.2 Å². The van der Waals surface area contributed by atoms with Gasteiger partial charge in [0.25, 0.3) is 11.5 Å². The number of H-pyrrole nitrogens is 1.